The zero-order valence-electron chi connectivity index (χ0n) is 11.8. The molecule has 0 spiro atoms. The first kappa shape index (κ1) is 15.0. The largest absolute Gasteiger partial charge is 0.463 e. The Morgan fingerprint density at radius 1 is 1.10 bits per heavy atom. The van der Waals surface area contributed by atoms with E-state index in [1.54, 1.807) is 0 Å². The van der Waals surface area contributed by atoms with Gasteiger partial charge >= 0.3 is 5.97 Å². The Kier molecular flexibility index (Phi) is 6.54. The average molecular weight is 277 g/mol. The van der Waals surface area contributed by atoms with Gasteiger partial charge in [-0.15, -0.1) is 0 Å². The summed E-state index contributed by atoms with van der Waals surface area (Å²) >= 11 is 0. The van der Waals surface area contributed by atoms with Crippen molar-refractivity contribution in [2.24, 2.45) is 5.92 Å². The summed E-state index contributed by atoms with van der Waals surface area (Å²) < 4.78 is 10.7. The highest BCUT2D eigenvalue weighted by atomic mass is 16.6. The Labute approximate surface area is 120 Å². The molecule has 4 heteroatoms. The fourth-order valence-corrected chi connectivity index (χ4v) is 2.31. The van der Waals surface area contributed by atoms with Gasteiger partial charge in [0.15, 0.2) is 0 Å². The van der Waals surface area contributed by atoms with Crippen LogP contribution in [0.2, 0.25) is 0 Å². The Hall–Kier alpha value is -1.39. The molecule has 1 aromatic carbocycles. The minimum atomic E-state index is -0.0711. The van der Waals surface area contributed by atoms with Crippen LogP contribution in [0.15, 0.2) is 30.3 Å². The Balaban J connectivity index is 1.50. The Bertz CT molecular complexity index is 388. The van der Waals surface area contributed by atoms with Gasteiger partial charge in [0.1, 0.15) is 6.61 Å². The van der Waals surface area contributed by atoms with Gasteiger partial charge in [0.25, 0.3) is 0 Å². The zero-order valence-corrected chi connectivity index (χ0v) is 11.8. The number of ether oxygens (including phenoxy) is 2. The molecule has 110 valence electrons. The number of benzene rings is 1. The molecular weight excluding hydrogens is 254 g/mol. The number of rotatable bonds is 7. The van der Waals surface area contributed by atoms with Crippen molar-refractivity contribution in [1.29, 1.82) is 0 Å². The predicted octanol–water partition coefficient (Wildman–Crippen LogP) is 1.79. The van der Waals surface area contributed by atoms with Crippen molar-refractivity contribution >= 4 is 5.97 Å². The third-order valence-corrected chi connectivity index (χ3v) is 3.52. The van der Waals surface area contributed by atoms with Gasteiger partial charge in [-0.25, -0.2) is 0 Å². The fourth-order valence-electron chi connectivity index (χ4n) is 2.31. The molecule has 1 fully saturated rings. The standard InChI is InChI=1S/C16H23NO3/c18-16(15-6-9-17-10-7-15)20-13-12-19-11-8-14-4-2-1-3-5-14/h1-5,15,17H,6-13H2. The molecule has 0 saturated carbocycles. The van der Waals surface area contributed by atoms with E-state index in [2.05, 4.69) is 17.4 Å². The molecule has 1 N–H and O–H groups in total. The van der Waals surface area contributed by atoms with Crippen molar-refractivity contribution in [3.63, 3.8) is 0 Å². The smallest absolute Gasteiger partial charge is 0.309 e. The lowest BCUT2D eigenvalue weighted by molar-refractivity contribution is -0.151. The molecule has 0 aliphatic carbocycles. The molecule has 0 aromatic heterocycles. The number of piperidine rings is 1. The Morgan fingerprint density at radius 2 is 1.85 bits per heavy atom. The minimum Gasteiger partial charge on any atom is -0.463 e. The van der Waals surface area contributed by atoms with Crippen LogP contribution in [0.1, 0.15) is 18.4 Å². The van der Waals surface area contributed by atoms with Crippen molar-refractivity contribution in [1.82, 2.24) is 5.32 Å². The fraction of sp³-hybridized carbons (Fsp3) is 0.562. The van der Waals surface area contributed by atoms with Gasteiger partial charge in [-0.05, 0) is 37.9 Å². The summed E-state index contributed by atoms with van der Waals surface area (Å²) in [6, 6.07) is 10.2. The van der Waals surface area contributed by atoms with Gasteiger partial charge in [0.2, 0.25) is 0 Å². The van der Waals surface area contributed by atoms with Crippen molar-refractivity contribution in [3.05, 3.63) is 35.9 Å². The van der Waals surface area contributed by atoms with E-state index < -0.39 is 0 Å². The zero-order chi connectivity index (χ0) is 14.0. The molecule has 0 radical (unpaired) electrons. The van der Waals surface area contributed by atoms with Crippen LogP contribution in [-0.4, -0.2) is 38.9 Å². The normalized spacial score (nSPS) is 16.0. The summed E-state index contributed by atoms with van der Waals surface area (Å²) in [4.78, 5) is 11.7. The van der Waals surface area contributed by atoms with E-state index in [1.165, 1.54) is 5.56 Å². The maximum absolute atomic E-state index is 11.7. The summed E-state index contributed by atoms with van der Waals surface area (Å²) in [6.45, 7) is 3.32. The van der Waals surface area contributed by atoms with Crippen molar-refractivity contribution in [2.45, 2.75) is 19.3 Å². The van der Waals surface area contributed by atoms with Crippen molar-refractivity contribution in [3.8, 4) is 0 Å². The van der Waals surface area contributed by atoms with Crippen LogP contribution in [0.3, 0.4) is 0 Å². The van der Waals surface area contributed by atoms with E-state index in [4.69, 9.17) is 9.47 Å². The van der Waals surface area contributed by atoms with Crippen LogP contribution in [0.4, 0.5) is 0 Å². The van der Waals surface area contributed by atoms with Crippen LogP contribution in [0.5, 0.6) is 0 Å². The molecule has 1 heterocycles. The predicted molar refractivity (Wildman–Crippen MR) is 77.5 cm³/mol. The second-order valence-corrected chi connectivity index (χ2v) is 5.04. The lowest BCUT2D eigenvalue weighted by Crippen LogP contribution is -2.33. The molecule has 1 saturated heterocycles. The second kappa shape index (κ2) is 8.72. The summed E-state index contributed by atoms with van der Waals surface area (Å²) in [5.41, 5.74) is 1.26. The first-order chi connectivity index (χ1) is 9.86. The summed E-state index contributed by atoms with van der Waals surface area (Å²) in [5.74, 6) is -0.00118. The van der Waals surface area contributed by atoms with Crippen LogP contribution in [-0.2, 0) is 20.7 Å². The van der Waals surface area contributed by atoms with E-state index in [1.807, 2.05) is 18.2 Å². The van der Waals surface area contributed by atoms with Crippen LogP contribution in [0, 0.1) is 5.92 Å². The Morgan fingerprint density at radius 3 is 2.60 bits per heavy atom. The average Bonchev–Trinajstić information content (AvgIpc) is 2.52. The lowest BCUT2D eigenvalue weighted by Gasteiger charge is -2.20. The molecule has 0 amide bonds. The second-order valence-electron chi connectivity index (χ2n) is 5.04. The van der Waals surface area contributed by atoms with E-state index in [9.17, 15) is 4.79 Å². The maximum Gasteiger partial charge on any atom is 0.309 e. The molecule has 20 heavy (non-hydrogen) atoms. The molecule has 1 aliphatic heterocycles. The molecule has 1 aromatic rings. The number of carbonyl (C=O) groups excluding carboxylic acids is 1. The van der Waals surface area contributed by atoms with Gasteiger partial charge in [-0.1, -0.05) is 30.3 Å². The van der Waals surface area contributed by atoms with Crippen molar-refractivity contribution < 1.29 is 14.3 Å². The van der Waals surface area contributed by atoms with E-state index >= 15 is 0 Å². The summed E-state index contributed by atoms with van der Waals surface area (Å²) in [7, 11) is 0. The number of nitrogens with one attached hydrogen (secondary N) is 1. The number of esters is 1. The minimum absolute atomic E-state index is 0.0700. The molecule has 0 bridgehead atoms. The van der Waals surface area contributed by atoms with E-state index in [0.29, 0.717) is 19.8 Å². The number of hydrogen-bond acceptors (Lipinski definition) is 4. The molecule has 2 rings (SSSR count). The third-order valence-electron chi connectivity index (χ3n) is 3.52. The van der Waals surface area contributed by atoms with Gasteiger partial charge < -0.3 is 14.8 Å². The maximum atomic E-state index is 11.7. The van der Waals surface area contributed by atoms with Gasteiger partial charge in [-0.3, -0.25) is 4.79 Å². The molecule has 0 atom stereocenters. The number of carbonyl (C=O) groups is 1. The first-order valence-corrected chi connectivity index (χ1v) is 7.35. The molecule has 1 aliphatic rings. The SMILES string of the molecule is O=C(OCCOCCc1ccccc1)C1CCNCC1. The third kappa shape index (κ3) is 5.31. The quantitative estimate of drug-likeness (QED) is 0.610. The highest BCUT2D eigenvalue weighted by Crippen LogP contribution is 2.13. The lowest BCUT2D eigenvalue weighted by atomic mass is 9.99. The molecule has 0 unspecified atom stereocenters. The van der Waals surface area contributed by atoms with Crippen LogP contribution in [0.25, 0.3) is 0 Å². The monoisotopic (exact) mass is 277 g/mol. The van der Waals surface area contributed by atoms with Crippen molar-refractivity contribution in [2.75, 3.05) is 32.9 Å². The first-order valence-electron chi connectivity index (χ1n) is 7.35. The number of hydrogen-bond donors (Lipinski definition) is 1. The highest BCUT2D eigenvalue weighted by molar-refractivity contribution is 5.72. The van der Waals surface area contributed by atoms with E-state index in [-0.39, 0.29) is 11.9 Å². The molecule has 4 nitrogen and oxygen atoms in total. The topological polar surface area (TPSA) is 47.6 Å². The highest BCUT2D eigenvalue weighted by Gasteiger charge is 2.21. The molecular formula is C16H23NO3. The van der Waals surface area contributed by atoms with E-state index in [0.717, 1.165) is 32.4 Å². The van der Waals surface area contributed by atoms with Crippen LogP contribution < -0.4 is 5.32 Å². The summed E-state index contributed by atoms with van der Waals surface area (Å²) in [6.07, 6.45) is 2.66. The van der Waals surface area contributed by atoms with Gasteiger partial charge in [-0.2, -0.15) is 0 Å². The van der Waals surface area contributed by atoms with Crippen LogP contribution >= 0.6 is 0 Å². The van der Waals surface area contributed by atoms with Gasteiger partial charge in [0.05, 0.1) is 19.1 Å². The van der Waals surface area contributed by atoms with Gasteiger partial charge in [0, 0.05) is 0 Å². The summed E-state index contributed by atoms with van der Waals surface area (Å²) in [5, 5.41) is 3.24.